The molecule has 0 atom stereocenters. The van der Waals surface area contributed by atoms with E-state index in [1.54, 1.807) is 18.0 Å². The predicted octanol–water partition coefficient (Wildman–Crippen LogP) is 5.00. The quantitative estimate of drug-likeness (QED) is 0.496. The molecule has 4 heteroatoms. The summed E-state index contributed by atoms with van der Waals surface area (Å²) in [5, 5.41) is 1.21. The molecule has 122 valence electrons. The molecule has 0 fully saturated rings. The summed E-state index contributed by atoms with van der Waals surface area (Å²) in [6.07, 6.45) is 5.35. The molecule has 0 bridgehead atoms. The first-order valence-corrected chi connectivity index (χ1v) is 8.47. The molecule has 3 nitrogen and oxygen atoms in total. The number of hydrogen-bond donors (Lipinski definition) is 0. The lowest BCUT2D eigenvalue weighted by atomic mass is 10.1. The zero-order valence-electron chi connectivity index (χ0n) is 13.9. The Balaban J connectivity index is 1.96. The second-order valence-electron chi connectivity index (χ2n) is 5.68. The molecule has 1 heterocycles. The minimum Gasteiger partial charge on any atom is -0.466 e. The second-order valence-corrected chi connectivity index (χ2v) is 6.72. The van der Waals surface area contributed by atoms with Crippen LogP contribution in [0.15, 0.2) is 59.6 Å². The van der Waals surface area contributed by atoms with Gasteiger partial charge in [-0.2, -0.15) is 0 Å². The number of fused-ring (bicyclic) bond motifs is 1. The highest BCUT2D eigenvalue weighted by atomic mass is 32.2. The number of nitrogens with zero attached hydrogens (tertiary/aromatic N) is 1. The fraction of sp³-hybridized carbons (Fsp3) is 0.150. The summed E-state index contributed by atoms with van der Waals surface area (Å²) in [5.41, 5.74) is 4.58. The second kappa shape index (κ2) is 6.97. The third-order valence-corrected chi connectivity index (χ3v) is 4.81. The number of rotatable bonds is 4. The maximum Gasteiger partial charge on any atom is 0.330 e. The van der Waals surface area contributed by atoms with Gasteiger partial charge in [0.05, 0.1) is 12.6 Å². The molecule has 0 unspecified atom stereocenters. The lowest BCUT2D eigenvalue weighted by Gasteiger charge is -2.05. The number of carbonyl (C=O) groups is 1. The van der Waals surface area contributed by atoms with E-state index in [2.05, 4.69) is 65.2 Å². The topological polar surface area (TPSA) is 31.2 Å². The average molecular weight is 337 g/mol. The monoisotopic (exact) mass is 337 g/mol. The molecular weight excluding hydrogens is 318 g/mol. The first-order valence-electron chi connectivity index (χ1n) is 7.69. The number of carbonyl (C=O) groups excluding carboxylic acids is 1. The van der Waals surface area contributed by atoms with Crippen molar-refractivity contribution in [3.05, 3.63) is 71.4 Å². The highest BCUT2D eigenvalue weighted by Gasteiger charge is 2.07. The van der Waals surface area contributed by atoms with Crippen molar-refractivity contribution in [2.75, 3.05) is 7.11 Å². The highest BCUT2D eigenvalue weighted by molar-refractivity contribution is 7.98. The maximum absolute atomic E-state index is 11.3. The van der Waals surface area contributed by atoms with Crippen molar-refractivity contribution in [1.82, 2.24) is 3.97 Å². The fourth-order valence-corrected chi connectivity index (χ4v) is 3.45. The lowest BCUT2D eigenvalue weighted by Crippen LogP contribution is -1.93. The lowest BCUT2D eigenvalue weighted by molar-refractivity contribution is -0.134. The molecule has 0 spiro atoms. The van der Waals surface area contributed by atoms with Crippen LogP contribution in [-0.2, 0) is 9.53 Å². The molecule has 0 amide bonds. The van der Waals surface area contributed by atoms with Gasteiger partial charge in [-0.3, -0.25) is 3.97 Å². The Bertz CT molecular complexity index is 907. The van der Waals surface area contributed by atoms with Crippen LogP contribution in [0.25, 0.3) is 17.0 Å². The van der Waals surface area contributed by atoms with Gasteiger partial charge in [0.2, 0.25) is 0 Å². The van der Waals surface area contributed by atoms with Gasteiger partial charge in [-0.25, -0.2) is 4.79 Å². The van der Waals surface area contributed by atoms with Crippen LogP contribution in [-0.4, -0.2) is 17.1 Å². The van der Waals surface area contributed by atoms with Crippen molar-refractivity contribution in [3.8, 4) is 0 Å². The Morgan fingerprint density at radius 2 is 1.88 bits per heavy atom. The third kappa shape index (κ3) is 3.54. The molecule has 0 aliphatic rings. The summed E-state index contributed by atoms with van der Waals surface area (Å²) < 4.78 is 6.81. The maximum atomic E-state index is 11.3. The zero-order chi connectivity index (χ0) is 17.1. The van der Waals surface area contributed by atoms with E-state index < -0.39 is 0 Å². The number of ether oxygens (including phenoxy) is 1. The van der Waals surface area contributed by atoms with Crippen LogP contribution in [0.5, 0.6) is 0 Å². The number of aryl methyl sites for hydroxylation is 2. The molecule has 0 aliphatic heterocycles. The molecule has 3 aromatic rings. The summed E-state index contributed by atoms with van der Waals surface area (Å²) in [5.74, 6) is -0.351. The van der Waals surface area contributed by atoms with Crippen LogP contribution in [0.1, 0.15) is 16.7 Å². The van der Waals surface area contributed by atoms with Gasteiger partial charge in [0.15, 0.2) is 0 Å². The van der Waals surface area contributed by atoms with Crippen LogP contribution in [0.4, 0.5) is 0 Å². The molecule has 1 aromatic heterocycles. The van der Waals surface area contributed by atoms with E-state index in [-0.39, 0.29) is 5.97 Å². The van der Waals surface area contributed by atoms with E-state index in [4.69, 9.17) is 0 Å². The standard InChI is InChI=1S/C20H19NO2S/c1-14-4-8-17(9-5-14)24-21-13-15(2)18-10-6-16(12-19(18)21)7-11-20(22)23-3/h4-13H,1-3H3/b11-7+. The van der Waals surface area contributed by atoms with E-state index in [0.717, 1.165) is 11.1 Å². The molecule has 0 radical (unpaired) electrons. The first kappa shape index (κ1) is 16.4. The van der Waals surface area contributed by atoms with Gasteiger partial charge in [0.25, 0.3) is 0 Å². The van der Waals surface area contributed by atoms with Gasteiger partial charge >= 0.3 is 5.97 Å². The van der Waals surface area contributed by atoms with Crippen LogP contribution in [0, 0.1) is 13.8 Å². The Morgan fingerprint density at radius 1 is 1.12 bits per heavy atom. The summed E-state index contributed by atoms with van der Waals surface area (Å²) >= 11 is 1.69. The van der Waals surface area contributed by atoms with E-state index in [1.165, 1.54) is 34.6 Å². The normalized spacial score (nSPS) is 11.3. The number of benzene rings is 2. The number of hydrogen-bond acceptors (Lipinski definition) is 3. The molecule has 0 saturated heterocycles. The molecule has 0 saturated carbocycles. The van der Waals surface area contributed by atoms with E-state index in [1.807, 2.05) is 6.07 Å². The van der Waals surface area contributed by atoms with Crippen molar-refractivity contribution in [2.24, 2.45) is 0 Å². The van der Waals surface area contributed by atoms with E-state index in [0.29, 0.717) is 0 Å². The molecule has 0 aliphatic carbocycles. The van der Waals surface area contributed by atoms with Gasteiger partial charge in [0, 0.05) is 22.6 Å². The molecular formula is C20H19NO2S. The Hall–Kier alpha value is -2.46. The van der Waals surface area contributed by atoms with E-state index >= 15 is 0 Å². The van der Waals surface area contributed by atoms with Crippen molar-refractivity contribution >= 4 is 34.9 Å². The van der Waals surface area contributed by atoms with Gasteiger partial charge in [-0.1, -0.05) is 29.8 Å². The zero-order valence-corrected chi connectivity index (χ0v) is 14.8. The largest absolute Gasteiger partial charge is 0.466 e. The summed E-state index contributed by atoms with van der Waals surface area (Å²) in [6.45, 7) is 4.20. The molecule has 24 heavy (non-hydrogen) atoms. The van der Waals surface area contributed by atoms with Crippen LogP contribution >= 0.6 is 11.9 Å². The van der Waals surface area contributed by atoms with Crippen molar-refractivity contribution in [1.29, 1.82) is 0 Å². The SMILES string of the molecule is COC(=O)/C=C/c1ccc2c(C)cn(Sc3ccc(C)cc3)c2c1. The summed E-state index contributed by atoms with van der Waals surface area (Å²) in [4.78, 5) is 12.5. The number of esters is 1. The highest BCUT2D eigenvalue weighted by Crippen LogP contribution is 2.30. The van der Waals surface area contributed by atoms with Crippen molar-refractivity contribution in [3.63, 3.8) is 0 Å². The summed E-state index contributed by atoms with van der Waals surface area (Å²) in [6, 6.07) is 14.7. The molecule has 0 N–H and O–H groups in total. The number of methoxy groups -OCH3 is 1. The summed E-state index contributed by atoms with van der Waals surface area (Å²) in [7, 11) is 1.38. The Morgan fingerprint density at radius 3 is 2.58 bits per heavy atom. The van der Waals surface area contributed by atoms with Crippen molar-refractivity contribution < 1.29 is 9.53 Å². The van der Waals surface area contributed by atoms with Crippen LogP contribution < -0.4 is 0 Å². The minimum atomic E-state index is -0.351. The first-order chi connectivity index (χ1) is 11.6. The molecule has 3 rings (SSSR count). The smallest absolute Gasteiger partial charge is 0.330 e. The molecule has 2 aromatic carbocycles. The number of aromatic nitrogens is 1. The van der Waals surface area contributed by atoms with Gasteiger partial charge in [-0.05, 0) is 61.2 Å². The van der Waals surface area contributed by atoms with Gasteiger partial charge < -0.3 is 4.74 Å². The average Bonchev–Trinajstić information content (AvgIpc) is 2.90. The van der Waals surface area contributed by atoms with Gasteiger partial charge in [-0.15, -0.1) is 0 Å². The predicted molar refractivity (Wildman–Crippen MR) is 100 cm³/mol. The minimum absolute atomic E-state index is 0.351. The van der Waals surface area contributed by atoms with Gasteiger partial charge in [0.1, 0.15) is 0 Å². The van der Waals surface area contributed by atoms with Crippen LogP contribution in [0.3, 0.4) is 0 Å². The van der Waals surface area contributed by atoms with Crippen molar-refractivity contribution in [2.45, 2.75) is 18.7 Å². The third-order valence-electron chi connectivity index (χ3n) is 3.83. The van der Waals surface area contributed by atoms with Crippen LogP contribution in [0.2, 0.25) is 0 Å². The fourth-order valence-electron chi connectivity index (χ4n) is 2.50. The Labute approximate surface area is 146 Å². The van der Waals surface area contributed by atoms with E-state index in [9.17, 15) is 4.79 Å². The Kier molecular flexibility index (Phi) is 4.76.